The van der Waals surface area contributed by atoms with Gasteiger partial charge in [0.2, 0.25) is 0 Å². The number of aromatic nitrogens is 2. The average Bonchev–Trinajstić information content (AvgIpc) is 3.13. The topological polar surface area (TPSA) is 70.4 Å². The van der Waals surface area contributed by atoms with Crippen LogP contribution in [-0.4, -0.2) is 31.3 Å². The normalized spacial score (nSPS) is 11.3. The van der Waals surface area contributed by atoms with Crippen molar-refractivity contribution < 1.29 is 17.9 Å². The Hall–Kier alpha value is -2.80. The Bertz CT molecular complexity index is 967. The summed E-state index contributed by atoms with van der Waals surface area (Å²) in [6, 6.07) is 12.6. The van der Waals surface area contributed by atoms with Gasteiger partial charge in [0.1, 0.15) is 23.0 Å². The predicted molar refractivity (Wildman–Crippen MR) is 94.0 cm³/mol. The minimum Gasteiger partial charge on any atom is -0.495 e. The van der Waals surface area contributed by atoms with E-state index in [0.717, 1.165) is 17.5 Å². The van der Waals surface area contributed by atoms with Crippen LogP contribution >= 0.6 is 0 Å². The standard InChI is InChI=1S/C18H18N2O4S/c1-23-17-8-7-14(11-18(17)25(2,21)22)12-24-16-6-4-3-5-15(16)20-10-9-19-13-20/h3-11,13H,12H2,1-2H3. The Balaban J connectivity index is 1.86. The number of methoxy groups -OCH3 is 1. The van der Waals surface area contributed by atoms with Crippen molar-refractivity contribution in [2.75, 3.05) is 13.4 Å². The summed E-state index contributed by atoms with van der Waals surface area (Å²) in [5.41, 5.74) is 1.60. The molecule has 0 aliphatic rings. The average molecular weight is 358 g/mol. The van der Waals surface area contributed by atoms with Gasteiger partial charge < -0.3 is 14.0 Å². The molecule has 25 heavy (non-hydrogen) atoms. The van der Waals surface area contributed by atoms with Gasteiger partial charge in [-0.05, 0) is 29.8 Å². The van der Waals surface area contributed by atoms with Crippen LogP contribution in [0.1, 0.15) is 5.56 Å². The van der Waals surface area contributed by atoms with E-state index in [1.165, 1.54) is 7.11 Å². The van der Waals surface area contributed by atoms with Crippen molar-refractivity contribution >= 4 is 9.84 Å². The molecule has 6 nitrogen and oxygen atoms in total. The molecule has 0 spiro atoms. The molecule has 0 radical (unpaired) electrons. The summed E-state index contributed by atoms with van der Waals surface area (Å²) >= 11 is 0. The van der Waals surface area contributed by atoms with Crippen LogP contribution in [0.2, 0.25) is 0 Å². The lowest BCUT2D eigenvalue weighted by Gasteiger charge is -2.13. The molecule has 3 rings (SSSR count). The smallest absolute Gasteiger partial charge is 0.179 e. The predicted octanol–water partition coefficient (Wildman–Crippen LogP) is 2.86. The van der Waals surface area contributed by atoms with Gasteiger partial charge in [-0.2, -0.15) is 0 Å². The Morgan fingerprint density at radius 1 is 1.12 bits per heavy atom. The molecule has 1 heterocycles. The molecule has 0 aliphatic heterocycles. The van der Waals surface area contributed by atoms with Crippen LogP contribution < -0.4 is 9.47 Å². The van der Waals surface area contributed by atoms with Crippen molar-refractivity contribution in [3.05, 3.63) is 66.7 Å². The number of hydrogen-bond acceptors (Lipinski definition) is 5. The summed E-state index contributed by atoms with van der Waals surface area (Å²) in [5, 5.41) is 0. The third kappa shape index (κ3) is 3.83. The molecule has 0 atom stereocenters. The van der Waals surface area contributed by atoms with Crippen LogP contribution in [0.5, 0.6) is 11.5 Å². The van der Waals surface area contributed by atoms with Crippen molar-refractivity contribution in [2.24, 2.45) is 0 Å². The summed E-state index contributed by atoms with van der Waals surface area (Å²) in [4.78, 5) is 4.19. The Morgan fingerprint density at radius 2 is 1.92 bits per heavy atom. The van der Waals surface area contributed by atoms with Crippen LogP contribution in [0.4, 0.5) is 0 Å². The SMILES string of the molecule is COc1ccc(COc2ccccc2-n2ccnc2)cc1S(C)(=O)=O. The van der Waals surface area contributed by atoms with Gasteiger partial charge in [0.05, 0.1) is 19.1 Å². The van der Waals surface area contributed by atoms with Crippen molar-refractivity contribution in [3.8, 4) is 17.2 Å². The fourth-order valence-corrected chi connectivity index (χ4v) is 3.34. The summed E-state index contributed by atoms with van der Waals surface area (Å²) in [6.45, 7) is 0.234. The molecule has 0 saturated heterocycles. The van der Waals surface area contributed by atoms with Crippen LogP contribution in [0, 0.1) is 0 Å². The van der Waals surface area contributed by atoms with Crippen LogP contribution in [0.3, 0.4) is 0 Å². The summed E-state index contributed by atoms with van der Waals surface area (Å²) in [5.74, 6) is 1.00. The van der Waals surface area contributed by atoms with Crippen LogP contribution in [0.25, 0.3) is 5.69 Å². The number of para-hydroxylation sites is 2. The summed E-state index contributed by atoms with van der Waals surface area (Å²) in [7, 11) is -1.94. The second-order valence-corrected chi connectivity index (χ2v) is 7.47. The second kappa shape index (κ2) is 6.98. The second-order valence-electron chi connectivity index (χ2n) is 5.48. The molecule has 0 saturated carbocycles. The van der Waals surface area contributed by atoms with Crippen LogP contribution in [0.15, 0.2) is 66.1 Å². The van der Waals surface area contributed by atoms with E-state index >= 15 is 0 Å². The molecule has 7 heteroatoms. The van der Waals surface area contributed by atoms with Crippen molar-refractivity contribution in [1.82, 2.24) is 9.55 Å². The van der Waals surface area contributed by atoms with Gasteiger partial charge in [0.25, 0.3) is 0 Å². The molecule has 2 aromatic carbocycles. The Labute approximate surface area is 146 Å². The van der Waals surface area contributed by atoms with Gasteiger partial charge in [-0.25, -0.2) is 13.4 Å². The van der Waals surface area contributed by atoms with Gasteiger partial charge in [-0.3, -0.25) is 0 Å². The number of imidazole rings is 1. The summed E-state index contributed by atoms with van der Waals surface area (Å²) in [6.07, 6.45) is 6.37. The Morgan fingerprint density at radius 3 is 2.60 bits per heavy atom. The highest BCUT2D eigenvalue weighted by molar-refractivity contribution is 7.90. The number of rotatable bonds is 6. The molecular weight excluding hydrogens is 340 g/mol. The van der Waals surface area contributed by atoms with Gasteiger partial charge >= 0.3 is 0 Å². The van der Waals surface area contributed by atoms with Gasteiger partial charge in [0.15, 0.2) is 9.84 Å². The molecule has 0 amide bonds. The molecule has 1 aromatic heterocycles. The molecule has 0 aliphatic carbocycles. The number of sulfone groups is 1. The monoisotopic (exact) mass is 358 g/mol. The van der Waals surface area contributed by atoms with Crippen molar-refractivity contribution in [3.63, 3.8) is 0 Å². The van der Waals surface area contributed by atoms with Crippen LogP contribution in [-0.2, 0) is 16.4 Å². The highest BCUT2D eigenvalue weighted by Crippen LogP contribution is 2.27. The first-order valence-electron chi connectivity index (χ1n) is 7.56. The van der Waals surface area contributed by atoms with E-state index < -0.39 is 9.84 Å². The Kier molecular flexibility index (Phi) is 4.76. The molecule has 0 bridgehead atoms. The van der Waals surface area contributed by atoms with E-state index in [9.17, 15) is 8.42 Å². The molecule has 0 N–H and O–H groups in total. The van der Waals surface area contributed by atoms with E-state index in [0.29, 0.717) is 11.5 Å². The van der Waals surface area contributed by atoms with Gasteiger partial charge in [-0.15, -0.1) is 0 Å². The van der Waals surface area contributed by atoms with Crippen molar-refractivity contribution in [1.29, 1.82) is 0 Å². The maximum atomic E-state index is 11.9. The van der Waals surface area contributed by atoms with Gasteiger partial charge in [0, 0.05) is 18.6 Å². The molecule has 3 aromatic rings. The molecule has 130 valence electrons. The first-order chi connectivity index (χ1) is 12.0. The lowest BCUT2D eigenvalue weighted by atomic mass is 10.2. The van der Waals surface area contributed by atoms with E-state index in [-0.39, 0.29) is 11.5 Å². The quantitative estimate of drug-likeness (QED) is 0.678. The third-order valence-corrected chi connectivity index (χ3v) is 4.79. The third-order valence-electron chi connectivity index (χ3n) is 3.67. The lowest BCUT2D eigenvalue weighted by molar-refractivity contribution is 0.304. The zero-order valence-corrected chi connectivity index (χ0v) is 14.7. The first kappa shape index (κ1) is 17.0. The van der Waals surface area contributed by atoms with E-state index in [1.807, 2.05) is 35.0 Å². The number of benzene rings is 2. The number of nitrogens with zero attached hydrogens (tertiary/aromatic N) is 2. The molecule has 0 unspecified atom stereocenters. The minimum absolute atomic E-state index is 0.152. The van der Waals surface area contributed by atoms with Gasteiger partial charge in [-0.1, -0.05) is 18.2 Å². The maximum absolute atomic E-state index is 11.9. The fourth-order valence-electron chi connectivity index (χ4n) is 2.46. The molecular formula is C18H18N2O4S. The maximum Gasteiger partial charge on any atom is 0.179 e. The van der Waals surface area contributed by atoms with E-state index in [2.05, 4.69) is 4.98 Å². The highest BCUT2D eigenvalue weighted by Gasteiger charge is 2.15. The number of ether oxygens (including phenoxy) is 2. The fraction of sp³-hybridized carbons (Fsp3) is 0.167. The zero-order valence-electron chi connectivity index (χ0n) is 13.9. The highest BCUT2D eigenvalue weighted by atomic mass is 32.2. The summed E-state index contributed by atoms with van der Waals surface area (Å²) < 4.78 is 36.7. The zero-order chi connectivity index (χ0) is 17.9. The van der Waals surface area contributed by atoms with Crippen molar-refractivity contribution in [2.45, 2.75) is 11.5 Å². The number of hydrogen-bond donors (Lipinski definition) is 0. The largest absolute Gasteiger partial charge is 0.495 e. The molecule has 0 fully saturated rings. The van der Waals surface area contributed by atoms with E-state index in [1.54, 1.807) is 30.7 Å². The minimum atomic E-state index is -3.39. The van der Waals surface area contributed by atoms with E-state index in [4.69, 9.17) is 9.47 Å². The first-order valence-corrected chi connectivity index (χ1v) is 9.45. The lowest BCUT2D eigenvalue weighted by Crippen LogP contribution is -2.04.